The van der Waals surface area contributed by atoms with Crippen LogP contribution >= 0.6 is 0 Å². The molecule has 0 bridgehead atoms. The van der Waals surface area contributed by atoms with Crippen molar-refractivity contribution in [1.29, 1.82) is 0 Å². The second-order valence-corrected chi connectivity index (χ2v) is 6.03. The van der Waals surface area contributed by atoms with Gasteiger partial charge in [0.25, 0.3) is 5.91 Å². The molecule has 30 heavy (non-hydrogen) atoms. The van der Waals surface area contributed by atoms with Gasteiger partial charge in [0.2, 0.25) is 12.0 Å². The molecule has 0 saturated carbocycles. The molecule has 0 atom stereocenters. The van der Waals surface area contributed by atoms with E-state index in [9.17, 15) is 19.1 Å². The predicted molar refractivity (Wildman–Crippen MR) is 102 cm³/mol. The number of carbonyl (C=O) groups excluding carboxylic acids is 1. The number of aromatic carboxylic acids is 1. The number of rotatable bonds is 4. The van der Waals surface area contributed by atoms with Gasteiger partial charge in [-0.3, -0.25) is 9.78 Å². The molecular formula is C20H12FN6O3+. The number of hydrogen-bond acceptors (Lipinski definition) is 5. The van der Waals surface area contributed by atoms with Gasteiger partial charge >= 0.3 is 11.7 Å². The minimum absolute atomic E-state index is 0.0158. The lowest BCUT2D eigenvalue weighted by atomic mass is 10.1. The number of benzene rings is 1. The van der Waals surface area contributed by atoms with E-state index >= 15 is 0 Å². The molecule has 1 amide bonds. The molecule has 146 valence electrons. The number of pyridine rings is 1. The lowest BCUT2D eigenvalue weighted by Crippen LogP contribution is -2.32. The van der Waals surface area contributed by atoms with Crippen molar-refractivity contribution in [3.8, 4) is 18.0 Å². The first-order valence-electron chi connectivity index (χ1n) is 8.49. The molecule has 0 unspecified atom stereocenters. The minimum atomic E-state index is -1.41. The van der Waals surface area contributed by atoms with E-state index in [1.165, 1.54) is 12.4 Å². The Morgan fingerprint density at radius 2 is 2.00 bits per heavy atom. The van der Waals surface area contributed by atoms with E-state index in [0.29, 0.717) is 0 Å². The third-order valence-electron chi connectivity index (χ3n) is 4.21. The number of terminal acetylenes is 1. The Labute approximate surface area is 168 Å². The van der Waals surface area contributed by atoms with Gasteiger partial charge < -0.3 is 10.4 Å². The number of nitrogens with zero attached hydrogens (tertiary/aromatic N) is 5. The van der Waals surface area contributed by atoms with Crippen molar-refractivity contribution < 1.29 is 23.6 Å². The standard InChI is InChI=1S/C20H11FN6O3/c1-2-12-9-17(14(19(29)30)10-15(12)21)24-18(28)16-5-8-26-20(25-16)23-11-27(26)13-3-6-22-7-4-13/h1,3-11H,(H-,24,28,29,30)/p+1. The van der Waals surface area contributed by atoms with Crippen LogP contribution in [0.5, 0.6) is 0 Å². The molecule has 0 saturated heterocycles. The number of fused-ring (bicyclic) bond motifs is 1. The molecule has 4 rings (SSSR count). The smallest absolute Gasteiger partial charge is 0.457 e. The van der Waals surface area contributed by atoms with E-state index < -0.39 is 23.3 Å². The summed E-state index contributed by atoms with van der Waals surface area (Å²) < 4.78 is 17.1. The highest BCUT2D eigenvalue weighted by molar-refractivity contribution is 6.07. The largest absolute Gasteiger partial charge is 0.478 e. The highest BCUT2D eigenvalue weighted by atomic mass is 19.1. The molecule has 1 aromatic carbocycles. The normalized spacial score (nSPS) is 10.5. The molecule has 0 aliphatic rings. The quantitative estimate of drug-likeness (QED) is 0.394. The average Bonchev–Trinajstić information content (AvgIpc) is 3.18. The molecule has 2 N–H and O–H groups in total. The van der Waals surface area contributed by atoms with Crippen molar-refractivity contribution in [3.63, 3.8) is 0 Å². The fraction of sp³-hybridized carbons (Fsp3) is 0. The van der Waals surface area contributed by atoms with Gasteiger partial charge in [-0.15, -0.1) is 10.9 Å². The van der Waals surface area contributed by atoms with Gasteiger partial charge in [0.1, 0.15) is 5.82 Å². The van der Waals surface area contributed by atoms with E-state index in [2.05, 4.69) is 26.2 Å². The van der Waals surface area contributed by atoms with Gasteiger partial charge in [0.05, 0.1) is 28.7 Å². The summed E-state index contributed by atoms with van der Waals surface area (Å²) in [5, 5.41) is 11.7. The molecule has 10 heteroatoms. The van der Waals surface area contributed by atoms with Crippen molar-refractivity contribution in [2.45, 2.75) is 0 Å². The first-order valence-corrected chi connectivity index (χ1v) is 8.49. The third-order valence-corrected chi connectivity index (χ3v) is 4.21. The summed E-state index contributed by atoms with van der Waals surface area (Å²) in [5.41, 5.74) is 0.0231. The van der Waals surface area contributed by atoms with Gasteiger partial charge in [-0.1, -0.05) is 15.9 Å². The maximum Gasteiger partial charge on any atom is 0.457 e. The molecular weight excluding hydrogens is 391 g/mol. The van der Waals surface area contributed by atoms with E-state index in [0.717, 1.165) is 17.8 Å². The molecule has 0 spiro atoms. The monoisotopic (exact) mass is 403 g/mol. The number of carboxylic acids is 1. The van der Waals surface area contributed by atoms with Gasteiger partial charge in [0, 0.05) is 18.5 Å². The molecule has 0 aliphatic heterocycles. The van der Waals surface area contributed by atoms with Gasteiger partial charge in [0.15, 0.2) is 0 Å². The zero-order valence-corrected chi connectivity index (χ0v) is 15.2. The van der Waals surface area contributed by atoms with Crippen molar-refractivity contribution in [1.82, 2.24) is 19.6 Å². The topological polar surface area (TPSA) is 114 Å². The highest BCUT2D eigenvalue weighted by Crippen LogP contribution is 2.21. The van der Waals surface area contributed by atoms with Crippen LogP contribution in [-0.4, -0.2) is 36.6 Å². The fourth-order valence-corrected chi connectivity index (χ4v) is 2.79. The van der Waals surface area contributed by atoms with Crippen LogP contribution in [0, 0.1) is 18.2 Å². The average molecular weight is 403 g/mol. The van der Waals surface area contributed by atoms with Crippen LogP contribution in [-0.2, 0) is 0 Å². The third kappa shape index (κ3) is 3.31. The minimum Gasteiger partial charge on any atom is -0.478 e. The van der Waals surface area contributed by atoms with Crippen LogP contribution in [0.1, 0.15) is 26.4 Å². The Kier molecular flexibility index (Phi) is 4.61. The van der Waals surface area contributed by atoms with Crippen LogP contribution < -0.4 is 9.83 Å². The molecule has 0 fully saturated rings. The maximum atomic E-state index is 13.8. The summed E-state index contributed by atoms with van der Waals surface area (Å²) in [7, 11) is 0. The van der Waals surface area contributed by atoms with Crippen LogP contribution in [0.4, 0.5) is 10.1 Å². The summed E-state index contributed by atoms with van der Waals surface area (Å²) in [6.45, 7) is 0. The molecule has 3 aromatic heterocycles. The number of carbonyl (C=O) groups is 2. The number of halogens is 1. The highest BCUT2D eigenvalue weighted by Gasteiger charge is 2.21. The summed E-state index contributed by atoms with van der Waals surface area (Å²) in [6, 6.07) is 6.84. The van der Waals surface area contributed by atoms with E-state index in [1.807, 2.05) is 0 Å². The van der Waals surface area contributed by atoms with Gasteiger partial charge in [-0.25, -0.2) is 9.18 Å². The number of anilines is 1. The maximum absolute atomic E-state index is 13.8. The second kappa shape index (κ2) is 7.40. The number of hydrogen-bond donors (Lipinski definition) is 2. The first-order chi connectivity index (χ1) is 14.5. The fourth-order valence-electron chi connectivity index (χ4n) is 2.79. The zero-order chi connectivity index (χ0) is 21.3. The number of carboxylic acid groups (broad SMARTS) is 1. The number of amides is 1. The number of nitrogens with one attached hydrogen (secondary N) is 1. The Bertz CT molecular complexity index is 1340. The Balaban J connectivity index is 1.68. The summed E-state index contributed by atoms with van der Waals surface area (Å²) >= 11 is 0. The predicted octanol–water partition coefficient (Wildman–Crippen LogP) is 1.47. The molecule has 3 heterocycles. The molecule has 0 aliphatic carbocycles. The van der Waals surface area contributed by atoms with Crippen molar-refractivity contribution >= 4 is 23.3 Å². The number of aromatic nitrogens is 5. The molecule has 9 nitrogen and oxygen atoms in total. The van der Waals surface area contributed by atoms with Crippen molar-refractivity contribution in [3.05, 3.63) is 77.9 Å². The van der Waals surface area contributed by atoms with Gasteiger partial charge in [-0.05, 0) is 24.3 Å². The lowest BCUT2D eigenvalue weighted by Gasteiger charge is -2.09. The summed E-state index contributed by atoms with van der Waals surface area (Å²) in [4.78, 5) is 36.4. The van der Waals surface area contributed by atoms with E-state index in [1.54, 1.807) is 39.9 Å². The molecule has 0 radical (unpaired) electrons. The zero-order valence-electron chi connectivity index (χ0n) is 15.2. The Hall–Kier alpha value is -4.65. The van der Waals surface area contributed by atoms with E-state index in [4.69, 9.17) is 6.42 Å². The second-order valence-electron chi connectivity index (χ2n) is 6.03. The van der Waals surface area contributed by atoms with Crippen LogP contribution in [0.2, 0.25) is 0 Å². The summed E-state index contributed by atoms with van der Waals surface area (Å²) in [6.07, 6.45) is 11.6. The SMILES string of the molecule is C#Cc1cc(NC(=O)c2cc[n+]3c(ncn3-c3ccncc3)n2)c(C(=O)O)cc1F. The Morgan fingerprint density at radius 3 is 2.70 bits per heavy atom. The lowest BCUT2D eigenvalue weighted by molar-refractivity contribution is -0.600. The van der Waals surface area contributed by atoms with Crippen molar-refractivity contribution in [2.24, 2.45) is 0 Å². The van der Waals surface area contributed by atoms with Gasteiger partial charge in [-0.2, -0.15) is 4.68 Å². The molecule has 4 aromatic rings. The van der Waals surface area contributed by atoms with Crippen LogP contribution in [0.25, 0.3) is 11.5 Å². The van der Waals surface area contributed by atoms with Crippen molar-refractivity contribution in [2.75, 3.05) is 5.32 Å². The van der Waals surface area contributed by atoms with E-state index in [-0.39, 0.29) is 22.7 Å². The summed E-state index contributed by atoms with van der Waals surface area (Å²) in [5.74, 6) is -0.646. The first kappa shape index (κ1) is 18.7. The Morgan fingerprint density at radius 1 is 1.23 bits per heavy atom. The van der Waals surface area contributed by atoms with Crippen LogP contribution in [0.15, 0.2) is 55.2 Å². The van der Waals surface area contributed by atoms with Crippen LogP contribution in [0.3, 0.4) is 0 Å².